The number of nitriles is 1. The van der Waals surface area contributed by atoms with Gasteiger partial charge in [0, 0.05) is 19.1 Å². The van der Waals surface area contributed by atoms with E-state index >= 15 is 0 Å². The van der Waals surface area contributed by atoms with Crippen molar-refractivity contribution >= 4 is 27.5 Å². The molecule has 3 rings (SSSR count). The zero-order valence-corrected chi connectivity index (χ0v) is 19.0. The number of nitrogens with zero attached hydrogens (tertiary/aromatic N) is 2. The van der Waals surface area contributed by atoms with Crippen molar-refractivity contribution < 1.29 is 22.4 Å². The molecule has 0 aliphatic carbocycles. The monoisotopic (exact) mass is 472 g/mol. The van der Waals surface area contributed by atoms with Crippen molar-refractivity contribution in [2.75, 3.05) is 18.4 Å². The lowest BCUT2D eigenvalue weighted by atomic mass is 10.0. The van der Waals surface area contributed by atoms with Gasteiger partial charge in [0.05, 0.1) is 16.1 Å². The third kappa shape index (κ3) is 5.74. The highest BCUT2D eigenvalue weighted by Gasteiger charge is 2.33. The Morgan fingerprint density at radius 2 is 1.94 bits per heavy atom. The highest BCUT2D eigenvalue weighted by Crippen LogP contribution is 2.27. The highest BCUT2D eigenvalue weighted by atomic mass is 32.2. The molecule has 10 heteroatoms. The van der Waals surface area contributed by atoms with Gasteiger partial charge in [-0.25, -0.2) is 12.8 Å². The smallest absolute Gasteiger partial charge is 0.313 e. The predicted molar refractivity (Wildman–Crippen MR) is 120 cm³/mol. The van der Waals surface area contributed by atoms with Crippen LogP contribution < -0.4 is 10.6 Å². The molecule has 1 heterocycles. The number of aryl methyl sites for hydroxylation is 1. The SMILES string of the molecule is Cc1cc(S(=O)(=O)N2CCCC[C@H]2CCNC(=O)C(=O)Nc2ccccc2C#N)ccc1F. The lowest BCUT2D eigenvalue weighted by molar-refractivity contribution is -0.136. The van der Waals surface area contributed by atoms with Gasteiger partial charge in [-0.15, -0.1) is 0 Å². The summed E-state index contributed by atoms with van der Waals surface area (Å²) in [6.45, 7) is 1.95. The van der Waals surface area contributed by atoms with Crippen molar-refractivity contribution in [2.24, 2.45) is 0 Å². The summed E-state index contributed by atoms with van der Waals surface area (Å²) in [5.41, 5.74) is 0.720. The number of rotatable bonds is 6. The van der Waals surface area contributed by atoms with E-state index < -0.39 is 27.7 Å². The molecule has 1 atom stereocenters. The molecule has 0 radical (unpaired) electrons. The first-order valence-corrected chi connectivity index (χ1v) is 12.0. The molecule has 0 aromatic heterocycles. The summed E-state index contributed by atoms with van der Waals surface area (Å²) in [5, 5.41) is 14.0. The zero-order chi connectivity index (χ0) is 24.0. The molecule has 174 valence electrons. The van der Waals surface area contributed by atoms with Gasteiger partial charge in [-0.1, -0.05) is 18.6 Å². The molecule has 2 aromatic carbocycles. The normalized spacial score (nSPS) is 16.6. The van der Waals surface area contributed by atoms with Crippen LogP contribution in [0.4, 0.5) is 10.1 Å². The standard InChI is InChI=1S/C23H25FN4O4S/c1-16-14-19(9-10-20(16)24)33(31,32)28-13-5-4-7-18(28)11-12-26-22(29)23(30)27-21-8-3-2-6-17(21)15-25/h2-3,6,8-10,14,18H,4-5,7,11-13H2,1H3,(H,26,29)(H,27,30)/t18-/m0/s1. The summed E-state index contributed by atoms with van der Waals surface area (Å²) >= 11 is 0. The van der Waals surface area contributed by atoms with Crippen molar-refractivity contribution in [1.82, 2.24) is 9.62 Å². The predicted octanol–water partition coefficient (Wildman–Crippen LogP) is 2.69. The van der Waals surface area contributed by atoms with Crippen LogP contribution in [0.2, 0.25) is 0 Å². The van der Waals surface area contributed by atoms with Gasteiger partial charge in [0.25, 0.3) is 0 Å². The zero-order valence-electron chi connectivity index (χ0n) is 18.2. The fraction of sp³-hybridized carbons (Fsp3) is 0.348. The van der Waals surface area contributed by atoms with E-state index in [1.807, 2.05) is 6.07 Å². The number of halogens is 1. The Bertz CT molecular complexity index is 1190. The molecular weight excluding hydrogens is 447 g/mol. The Hall–Kier alpha value is -3.29. The first-order valence-electron chi connectivity index (χ1n) is 10.6. The highest BCUT2D eigenvalue weighted by molar-refractivity contribution is 7.89. The average Bonchev–Trinajstić information content (AvgIpc) is 2.81. The molecule has 0 unspecified atom stereocenters. The van der Waals surface area contributed by atoms with Gasteiger partial charge in [0.2, 0.25) is 10.0 Å². The molecule has 0 spiro atoms. The van der Waals surface area contributed by atoms with Gasteiger partial charge in [0.1, 0.15) is 11.9 Å². The second kappa shape index (κ2) is 10.6. The van der Waals surface area contributed by atoms with Crippen LogP contribution in [0, 0.1) is 24.1 Å². The number of carbonyl (C=O) groups excluding carboxylic acids is 2. The van der Waals surface area contributed by atoms with Crippen LogP contribution in [-0.2, 0) is 19.6 Å². The number of benzene rings is 2. The van der Waals surface area contributed by atoms with E-state index in [9.17, 15) is 22.4 Å². The molecule has 0 bridgehead atoms. The third-order valence-electron chi connectivity index (χ3n) is 5.57. The Morgan fingerprint density at radius 3 is 2.67 bits per heavy atom. The number of para-hydroxylation sites is 1. The lowest BCUT2D eigenvalue weighted by Gasteiger charge is -2.34. The second-order valence-electron chi connectivity index (χ2n) is 7.83. The molecule has 2 aromatic rings. The molecule has 2 N–H and O–H groups in total. The number of sulfonamides is 1. The summed E-state index contributed by atoms with van der Waals surface area (Å²) in [6, 6.07) is 11.6. The van der Waals surface area contributed by atoms with Gasteiger partial charge in [0.15, 0.2) is 0 Å². The molecule has 1 aliphatic rings. The minimum Gasteiger partial charge on any atom is -0.348 e. The maximum absolute atomic E-state index is 13.6. The Kier molecular flexibility index (Phi) is 7.79. The molecule has 0 saturated carbocycles. The van der Waals surface area contributed by atoms with Gasteiger partial charge >= 0.3 is 11.8 Å². The molecular formula is C23H25FN4O4S. The Balaban J connectivity index is 1.61. The summed E-state index contributed by atoms with van der Waals surface area (Å²) in [4.78, 5) is 24.4. The molecule has 1 fully saturated rings. The maximum atomic E-state index is 13.6. The number of nitrogens with one attached hydrogen (secondary N) is 2. The van der Waals surface area contributed by atoms with Crippen molar-refractivity contribution in [3.05, 3.63) is 59.4 Å². The van der Waals surface area contributed by atoms with E-state index in [0.717, 1.165) is 12.5 Å². The molecule has 8 nitrogen and oxygen atoms in total. The summed E-state index contributed by atoms with van der Waals surface area (Å²) < 4.78 is 41.3. The fourth-order valence-corrected chi connectivity index (χ4v) is 5.60. The van der Waals surface area contributed by atoms with Gasteiger partial charge in [-0.3, -0.25) is 9.59 Å². The van der Waals surface area contributed by atoms with Crippen molar-refractivity contribution in [3.63, 3.8) is 0 Å². The minimum atomic E-state index is -3.82. The molecule has 1 saturated heterocycles. The van der Waals surface area contributed by atoms with Gasteiger partial charge < -0.3 is 10.6 Å². The number of piperidine rings is 1. The van der Waals surface area contributed by atoms with E-state index in [2.05, 4.69) is 10.6 Å². The lowest BCUT2D eigenvalue weighted by Crippen LogP contribution is -2.45. The van der Waals surface area contributed by atoms with Crippen LogP contribution in [0.3, 0.4) is 0 Å². The second-order valence-corrected chi connectivity index (χ2v) is 9.72. The number of hydrogen-bond acceptors (Lipinski definition) is 5. The van der Waals surface area contributed by atoms with E-state index in [1.54, 1.807) is 12.1 Å². The quantitative estimate of drug-likeness (QED) is 0.627. The summed E-state index contributed by atoms with van der Waals surface area (Å²) in [5.74, 6) is -2.25. The first kappa shape index (κ1) is 24.4. The summed E-state index contributed by atoms with van der Waals surface area (Å²) in [6.07, 6.45) is 2.51. The molecule has 1 aliphatic heterocycles. The van der Waals surface area contributed by atoms with E-state index in [0.29, 0.717) is 25.8 Å². The Labute approximate surface area is 192 Å². The van der Waals surface area contributed by atoms with Crippen LogP contribution in [0.5, 0.6) is 0 Å². The number of hydrogen-bond donors (Lipinski definition) is 2. The van der Waals surface area contributed by atoms with E-state index in [4.69, 9.17) is 5.26 Å². The third-order valence-corrected chi connectivity index (χ3v) is 7.52. The van der Waals surface area contributed by atoms with Crippen LogP contribution in [0.1, 0.15) is 36.8 Å². The Morgan fingerprint density at radius 1 is 1.18 bits per heavy atom. The largest absolute Gasteiger partial charge is 0.348 e. The first-order chi connectivity index (χ1) is 15.7. The van der Waals surface area contributed by atoms with Crippen molar-refractivity contribution in [1.29, 1.82) is 5.26 Å². The molecule has 33 heavy (non-hydrogen) atoms. The topological polar surface area (TPSA) is 119 Å². The number of carbonyl (C=O) groups is 2. The van der Waals surface area contributed by atoms with Crippen LogP contribution in [0.15, 0.2) is 47.4 Å². The van der Waals surface area contributed by atoms with E-state index in [1.165, 1.54) is 35.5 Å². The van der Waals surface area contributed by atoms with Crippen molar-refractivity contribution in [2.45, 2.75) is 43.5 Å². The molecule has 2 amide bonds. The average molecular weight is 473 g/mol. The fourth-order valence-electron chi connectivity index (χ4n) is 3.79. The number of anilines is 1. The van der Waals surface area contributed by atoms with Crippen LogP contribution in [-0.4, -0.2) is 43.7 Å². The van der Waals surface area contributed by atoms with Crippen molar-refractivity contribution in [3.8, 4) is 6.07 Å². The maximum Gasteiger partial charge on any atom is 0.313 e. The minimum absolute atomic E-state index is 0.0351. The van der Waals surface area contributed by atoms with Gasteiger partial charge in [-0.2, -0.15) is 9.57 Å². The van der Waals surface area contributed by atoms with Gasteiger partial charge in [-0.05, 0) is 62.1 Å². The van der Waals surface area contributed by atoms with E-state index in [-0.39, 0.29) is 34.3 Å². The van der Waals surface area contributed by atoms with Crippen LogP contribution >= 0.6 is 0 Å². The number of amides is 2. The summed E-state index contributed by atoms with van der Waals surface area (Å²) in [7, 11) is -3.82. The van der Waals surface area contributed by atoms with Crippen LogP contribution in [0.25, 0.3) is 0 Å².